The summed E-state index contributed by atoms with van der Waals surface area (Å²) in [4.78, 5) is 39.9. The molecule has 3 aromatic heterocycles. The molecular weight excluding hydrogens is 551 g/mol. The second-order valence-corrected chi connectivity index (χ2v) is 11.3. The van der Waals surface area contributed by atoms with Gasteiger partial charge in [-0.2, -0.15) is 14.9 Å². The van der Waals surface area contributed by atoms with Gasteiger partial charge in [0, 0.05) is 36.3 Å². The molecule has 0 saturated carbocycles. The van der Waals surface area contributed by atoms with E-state index in [4.69, 9.17) is 28.3 Å². The molecule has 0 fully saturated rings. The molecular formula is C28H28Cl2N8O2. The topological polar surface area (TPSA) is 102 Å². The fourth-order valence-electron chi connectivity index (χ4n) is 5.56. The second kappa shape index (κ2) is 10.0. The third-order valence-corrected chi connectivity index (χ3v) is 8.61. The molecule has 0 spiro atoms. The number of amides is 2. The van der Waals surface area contributed by atoms with E-state index in [0.29, 0.717) is 46.6 Å². The monoisotopic (exact) mass is 578 g/mol. The van der Waals surface area contributed by atoms with Gasteiger partial charge >= 0.3 is 0 Å². The summed E-state index contributed by atoms with van der Waals surface area (Å²) in [6, 6.07) is 8.39. The van der Waals surface area contributed by atoms with Gasteiger partial charge in [0.15, 0.2) is 5.82 Å². The van der Waals surface area contributed by atoms with Crippen LogP contribution in [0.3, 0.4) is 0 Å². The maximum Gasteiger partial charge on any atom is 0.273 e. The number of fused-ring (bicyclic) bond motifs is 3. The lowest BCUT2D eigenvalue weighted by molar-refractivity contribution is 0.0574. The molecule has 0 saturated heterocycles. The normalized spacial score (nSPS) is 19.4. The number of carbonyl (C=O) groups is 2. The summed E-state index contributed by atoms with van der Waals surface area (Å²) in [5, 5.41) is 9.78. The van der Waals surface area contributed by atoms with E-state index >= 15 is 0 Å². The smallest absolute Gasteiger partial charge is 0.273 e. The van der Waals surface area contributed by atoms with E-state index in [9.17, 15) is 9.59 Å². The summed E-state index contributed by atoms with van der Waals surface area (Å²) in [6.07, 6.45) is 3.83. The maximum atomic E-state index is 14.0. The van der Waals surface area contributed by atoms with E-state index in [1.807, 2.05) is 42.5 Å². The summed E-state index contributed by atoms with van der Waals surface area (Å²) in [7, 11) is 0. The minimum absolute atomic E-state index is 0.0275. The first-order chi connectivity index (χ1) is 19.1. The van der Waals surface area contributed by atoms with Crippen LogP contribution in [-0.4, -0.2) is 63.7 Å². The Hall–Kier alpha value is -3.76. The van der Waals surface area contributed by atoms with E-state index in [2.05, 4.69) is 22.0 Å². The van der Waals surface area contributed by atoms with Gasteiger partial charge in [-0.05, 0) is 57.5 Å². The highest BCUT2D eigenvalue weighted by atomic mass is 35.5. The van der Waals surface area contributed by atoms with Gasteiger partial charge in [0.05, 0.1) is 34.4 Å². The lowest BCUT2D eigenvalue weighted by Crippen LogP contribution is -2.45. The van der Waals surface area contributed by atoms with Crippen LogP contribution in [0, 0.1) is 6.92 Å². The third-order valence-electron chi connectivity index (χ3n) is 7.87. The van der Waals surface area contributed by atoms with Crippen molar-refractivity contribution < 1.29 is 9.59 Å². The maximum absolute atomic E-state index is 14.0. The average Bonchev–Trinajstić information content (AvgIpc) is 3.54. The van der Waals surface area contributed by atoms with Gasteiger partial charge in [-0.3, -0.25) is 14.3 Å². The molecule has 12 heteroatoms. The van der Waals surface area contributed by atoms with Gasteiger partial charge in [0.25, 0.3) is 11.8 Å². The molecule has 2 aliphatic rings. The number of hydrogen-bond donors (Lipinski definition) is 0. The first-order valence-corrected chi connectivity index (χ1v) is 13.9. The number of halogens is 2. The number of pyridine rings is 1. The number of rotatable bonds is 4. The molecule has 0 radical (unpaired) electrons. The highest BCUT2D eigenvalue weighted by Gasteiger charge is 2.40. The predicted octanol–water partition coefficient (Wildman–Crippen LogP) is 4.84. The summed E-state index contributed by atoms with van der Waals surface area (Å²) in [6.45, 7) is 8.72. The number of aryl methyl sites for hydroxylation is 1. The molecule has 1 aromatic carbocycles. The minimum Gasteiger partial charge on any atom is -0.331 e. The first kappa shape index (κ1) is 26.5. The fourth-order valence-corrected chi connectivity index (χ4v) is 5.86. The van der Waals surface area contributed by atoms with Gasteiger partial charge in [0.1, 0.15) is 17.8 Å². The quantitative estimate of drug-likeness (QED) is 0.343. The number of benzene rings is 1. The van der Waals surface area contributed by atoms with Crippen molar-refractivity contribution in [3.63, 3.8) is 0 Å². The lowest BCUT2D eigenvalue weighted by atomic mass is 9.96. The Morgan fingerprint density at radius 1 is 1.07 bits per heavy atom. The summed E-state index contributed by atoms with van der Waals surface area (Å²) in [5.74, 6) is 1.14. The van der Waals surface area contributed by atoms with Gasteiger partial charge < -0.3 is 9.80 Å². The Balaban J connectivity index is 1.28. The standard InChI is InChI=1S/C28H28Cl2N8O2/c1-15-9-24-21(13-35(15)27(39)19-5-7-22(29)23(30)10-19)26-28(40)36(12-16(2)37(26)34-24)17(3)20-6-8-25(31-11-20)38-18(4)32-14-33-38/h5-8,10-11,14-17H,9,12-13H2,1-4H3/t15-,16-,17-/m1/s1. The predicted molar refractivity (Wildman–Crippen MR) is 150 cm³/mol. The van der Waals surface area contributed by atoms with Gasteiger partial charge in [-0.15, -0.1) is 0 Å². The molecule has 3 atom stereocenters. The lowest BCUT2D eigenvalue weighted by Gasteiger charge is -2.37. The van der Waals surface area contributed by atoms with Gasteiger partial charge in [-0.25, -0.2) is 9.97 Å². The van der Waals surface area contributed by atoms with E-state index in [1.165, 1.54) is 6.33 Å². The van der Waals surface area contributed by atoms with E-state index in [1.54, 1.807) is 34.0 Å². The Labute approximate surface area is 241 Å². The average molecular weight is 579 g/mol. The zero-order valence-electron chi connectivity index (χ0n) is 22.5. The number of carbonyl (C=O) groups excluding carboxylic acids is 2. The van der Waals surface area contributed by atoms with Crippen LogP contribution in [0.15, 0.2) is 42.9 Å². The van der Waals surface area contributed by atoms with Crippen molar-refractivity contribution >= 4 is 35.0 Å². The van der Waals surface area contributed by atoms with Crippen molar-refractivity contribution in [2.24, 2.45) is 0 Å². The molecule has 0 bridgehead atoms. The molecule has 4 aromatic rings. The van der Waals surface area contributed by atoms with Crippen molar-refractivity contribution in [1.29, 1.82) is 0 Å². The van der Waals surface area contributed by atoms with Crippen molar-refractivity contribution in [3.8, 4) is 5.82 Å². The van der Waals surface area contributed by atoms with Crippen LogP contribution < -0.4 is 0 Å². The summed E-state index contributed by atoms with van der Waals surface area (Å²) < 4.78 is 3.50. The van der Waals surface area contributed by atoms with Crippen LogP contribution in [0.25, 0.3) is 5.82 Å². The number of nitrogens with zero attached hydrogens (tertiary/aromatic N) is 8. The molecule has 0 aliphatic carbocycles. The Morgan fingerprint density at radius 2 is 1.88 bits per heavy atom. The van der Waals surface area contributed by atoms with Crippen molar-refractivity contribution in [3.05, 3.63) is 86.8 Å². The molecule has 2 amide bonds. The van der Waals surface area contributed by atoms with Crippen LogP contribution >= 0.6 is 23.2 Å². The van der Waals surface area contributed by atoms with Crippen LogP contribution in [0.4, 0.5) is 0 Å². The zero-order valence-corrected chi connectivity index (χ0v) is 24.1. The number of aromatic nitrogens is 6. The van der Waals surface area contributed by atoms with E-state index in [-0.39, 0.29) is 29.9 Å². The third kappa shape index (κ3) is 4.35. The summed E-state index contributed by atoms with van der Waals surface area (Å²) in [5.41, 5.74) is 3.58. The number of hydrogen-bond acceptors (Lipinski definition) is 6. The Morgan fingerprint density at radius 3 is 2.55 bits per heavy atom. The molecule has 206 valence electrons. The second-order valence-electron chi connectivity index (χ2n) is 10.5. The minimum atomic E-state index is -0.218. The van der Waals surface area contributed by atoms with Crippen molar-refractivity contribution in [2.75, 3.05) is 6.54 Å². The molecule has 6 rings (SSSR count). The fraction of sp³-hybridized carbons (Fsp3) is 0.357. The van der Waals surface area contributed by atoms with Crippen LogP contribution in [0.1, 0.15) is 76.3 Å². The molecule has 0 unspecified atom stereocenters. The molecule has 5 heterocycles. The Bertz CT molecular complexity index is 1630. The van der Waals surface area contributed by atoms with Crippen LogP contribution in [0.5, 0.6) is 0 Å². The van der Waals surface area contributed by atoms with Crippen LogP contribution in [-0.2, 0) is 13.0 Å². The van der Waals surface area contributed by atoms with Gasteiger partial charge in [-0.1, -0.05) is 29.3 Å². The highest BCUT2D eigenvalue weighted by Crippen LogP contribution is 2.35. The van der Waals surface area contributed by atoms with E-state index in [0.717, 1.165) is 22.6 Å². The van der Waals surface area contributed by atoms with Crippen molar-refractivity contribution in [1.82, 2.24) is 39.3 Å². The van der Waals surface area contributed by atoms with Crippen molar-refractivity contribution in [2.45, 2.75) is 58.8 Å². The zero-order chi connectivity index (χ0) is 28.3. The molecule has 10 nitrogen and oxygen atoms in total. The SMILES string of the molecule is Cc1ncnn1-c1ccc([C@@H](C)N2C[C@@H](C)n3nc4c(c3C2=O)CN(C(=O)c2ccc(Cl)c(Cl)c2)[C@H](C)C4)cn1. The Kier molecular flexibility index (Phi) is 6.62. The molecule has 40 heavy (non-hydrogen) atoms. The summed E-state index contributed by atoms with van der Waals surface area (Å²) >= 11 is 12.2. The molecule has 0 N–H and O–H groups in total. The molecule has 2 aliphatic heterocycles. The van der Waals surface area contributed by atoms with E-state index < -0.39 is 0 Å². The highest BCUT2D eigenvalue weighted by molar-refractivity contribution is 6.42. The van der Waals surface area contributed by atoms with Gasteiger partial charge in [0.2, 0.25) is 0 Å². The first-order valence-electron chi connectivity index (χ1n) is 13.1. The van der Waals surface area contributed by atoms with Crippen LogP contribution in [0.2, 0.25) is 10.0 Å². The largest absolute Gasteiger partial charge is 0.331 e.